The van der Waals surface area contributed by atoms with Gasteiger partial charge in [-0.1, -0.05) is 29.3 Å². The third-order valence-electron chi connectivity index (χ3n) is 7.72. The molecule has 0 aromatic heterocycles. The van der Waals surface area contributed by atoms with E-state index in [1.807, 2.05) is 6.08 Å². The molecule has 1 aliphatic heterocycles. The number of benzene rings is 2. The van der Waals surface area contributed by atoms with Crippen LogP contribution >= 0.6 is 27.5 Å². The minimum atomic E-state index is -0.858. The molecule has 0 radical (unpaired) electrons. The highest BCUT2D eigenvalue weighted by molar-refractivity contribution is 9.12. The third kappa shape index (κ3) is 3.57. The average molecular weight is 583 g/mol. The quantitative estimate of drug-likeness (QED) is 0.300. The van der Waals surface area contributed by atoms with Crippen molar-refractivity contribution in [2.45, 2.75) is 18.8 Å². The lowest BCUT2D eigenvalue weighted by molar-refractivity contribution is -0.123. The topological polar surface area (TPSA) is 91.8 Å². The van der Waals surface area contributed by atoms with Gasteiger partial charge in [-0.05, 0) is 76.7 Å². The van der Waals surface area contributed by atoms with Crippen molar-refractivity contribution in [2.75, 3.05) is 4.90 Å². The van der Waals surface area contributed by atoms with Crippen LogP contribution < -0.4 is 4.90 Å². The molecular weight excluding hydrogens is 565 g/mol. The normalized spacial score (nSPS) is 27.1. The van der Waals surface area contributed by atoms with E-state index < -0.39 is 35.2 Å². The number of phenolic OH excluding ortho intramolecular Hbond substituents is 1. The molecule has 1 N–H and O–H groups in total. The molecule has 2 amide bonds. The van der Waals surface area contributed by atoms with Crippen LogP contribution in [0.3, 0.4) is 0 Å². The Kier molecular flexibility index (Phi) is 5.58. The number of nitrogens with zero attached hydrogens (tertiary/aromatic N) is 1. The highest BCUT2D eigenvalue weighted by Gasteiger charge is 2.56. The van der Waals surface area contributed by atoms with Gasteiger partial charge in [0, 0.05) is 28.2 Å². The lowest BCUT2D eigenvalue weighted by Crippen LogP contribution is -2.39. The minimum absolute atomic E-state index is 0.111. The summed E-state index contributed by atoms with van der Waals surface area (Å²) in [6.07, 6.45) is 3.45. The summed E-state index contributed by atoms with van der Waals surface area (Å²) in [5, 5.41) is 10.2. The Labute approximate surface area is 224 Å². The van der Waals surface area contributed by atoms with Gasteiger partial charge in [0.25, 0.3) is 0 Å². The zero-order valence-electron chi connectivity index (χ0n) is 19.1. The highest BCUT2D eigenvalue weighted by Crippen LogP contribution is 2.55. The number of hydrogen-bond acceptors (Lipinski definition) is 5. The molecule has 2 aromatic rings. The predicted molar refractivity (Wildman–Crippen MR) is 137 cm³/mol. The molecule has 3 aliphatic carbocycles. The average Bonchev–Trinajstić information content (AvgIpc) is 3.13. The van der Waals surface area contributed by atoms with Crippen LogP contribution in [-0.2, 0) is 19.2 Å². The zero-order valence-corrected chi connectivity index (χ0v) is 21.4. The summed E-state index contributed by atoms with van der Waals surface area (Å²) in [6, 6.07) is 10.3. The summed E-state index contributed by atoms with van der Waals surface area (Å²) in [5.41, 5.74) is 2.00. The highest BCUT2D eigenvalue weighted by atomic mass is 79.9. The van der Waals surface area contributed by atoms with Gasteiger partial charge in [-0.25, -0.2) is 4.39 Å². The SMILES string of the molecule is O=C1C=C(Br)C(=O)C2=C1C(c1ccc(O)c(F)c1)C1=CCC3C(=O)N(c4ccc(Cl)cc4)C(=O)C3C1C2. The van der Waals surface area contributed by atoms with Crippen LogP contribution in [0.4, 0.5) is 10.1 Å². The van der Waals surface area contributed by atoms with Gasteiger partial charge in [-0.3, -0.25) is 24.1 Å². The molecule has 0 saturated carbocycles. The van der Waals surface area contributed by atoms with Gasteiger partial charge < -0.3 is 5.11 Å². The molecular formula is C28H18BrClFNO5. The number of imide groups is 1. The van der Waals surface area contributed by atoms with Crippen LogP contribution in [0.25, 0.3) is 0 Å². The summed E-state index contributed by atoms with van der Waals surface area (Å²) < 4.78 is 14.6. The fourth-order valence-corrected chi connectivity index (χ4v) is 6.71. The zero-order chi connectivity index (χ0) is 26.2. The Bertz CT molecular complexity index is 1530. The van der Waals surface area contributed by atoms with Crippen LogP contribution in [0.2, 0.25) is 5.02 Å². The first-order valence-corrected chi connectivity index (χ1v) is 12.9. The van der Waals surface area contributed by atoms with Gasteiger partial charge in [0.2, 0.25) is 11.8 Å². The number of allylic oxidation sites excluding steroid dienone is 6. The van der Waals surface area contributed by atoms with Crippen LogP contribution in [0.1, 0.15) is 24.3 Å². The van der Waals surface area contributed by atoms with E-state index in [1.54, 1.807) is 24.3 Å². The number of aromatic hydroxyl groups is 1. The van der Waals surface area contributed by atoms with E-state index in [0.29, 0.717) is 21.8 Å². The Balaban J connectivity index is 1.49. The predicted octanol–water partition coefficient (Wildman–Crippen LogP) is 5.15. The maximum absolute atomic E-state index is 14.4. The van der Waals surface area contributed by atoms with Crippen molar-refractivity contribution in [3.05, 3.63) is 92.2 Å². The van der Waals surface area contributed by atoms with Crippen LogP contribution in [0, 0.1) is 23.6 Å². The number of Topliss-reactive ketones (excluding diaryl/α,β-unsaturated/α-hetero) is 1. The summed E-state index contributed by atoms with van der Waals surface area (Å²) >= 11 is 9.16. The van der Waals surface area contributed by atoms with Crippen molar-refractivity contribution in [2.24, 2.45) is 17.8 Å². The number of amides is 2. The number of phenols is 1. The van der Waals surface area contributed by atoms with E-state index in [9.17, 15) is 28.7 Å². The molecule has 1 saturated heterocycles. The van der Waals surface area contributed by atoms with Gasteiger partial charge in [0.05, 0.1) is 22.0 Å². The van der Waals surface area contributed by atoms with E-state index in [0.717, 1.165) is 6.07 Å². The molecule has 4 unspecified atom stereocenters. The standard InChI is InChI=1S/C28H18BrClFNO5/c29-19-11-22(34)25-18(26(19)35)10-17-15(23(25)12-1-8-21(33)20(31)9-12)6-7-16-24(17)28(37)32(27(16)36)14-4-2-13(30)3-5-14/h1-6,8-9,11,16-17,23-24,33H,7,10H2. The summed E-state index contributed by atoms with van der Waals surface area (Å²) in [4.78, 5) is 54.7. The Morgan fingerprint density at radius 1 is 1.00 bits per heavy atom. The van der Waals surface area contributed by atoms with Gasteiger partial charge in [0.15, 0.2) is 23.1 Å². The lowest BCUT2D eigenvalue weighted by Gasteiger charge is -2.42. The number of halogens is 3. The number of carbonyl (C=O) groups excluding carboxylic acids is 4. The fourth-order valence-electron chi connectivity index (χ4n) is 6.13. The first-order chi connectivity index (χ1) is 17.7. The maximum atomic E-state index is 14.4. The van der Waals surface area contributed by atoms with E-state index in [-0.39, 0.29) is 51.9 Å². The monoisotopic (exact) mass is 581 g/mol. The van der Waals surface area contributed by atoms with Crippen molar-refractivity contribution >= 4 is 56.6 Å². The Morgan fingerprint density at radius 3 is 2.43 bits per heavy atom. The second-order valence-corrected chi connectivity index (χ2v) is 10.9. The molecule has 37 heavy (non-hydrogen) atoms. The van der Waals surface area contributed by atoms with Crippen molar-refractivity contribution in [1.29, 1.82) is 0 Å². The van der Waals surface area contributed by atoms with Gasteiger partial charge in [-0.15, -0.1) is 0 Å². The molecule has 6 nitrogen and oxygen atoms in total. The smallest absolute Gasteiger partial charge is 0.238 e. The third-order valence-corrected chi connectivity index (χ3v) is 8.56. The van der Waals surface area contributed by atoms with Gasteiger partial charge in [0.1, 0.15) is 0 Å². The molecule has 0 spiro atoms. The number of hydrogen-bond donors (Lipinski definition) is 1. The molecule has 186 valence electrons. The number of carbonyl (C=O) groups is 4. The molecule has 1 heterocycles. The molecule has 1 fully saturated rings. The maximum Gasteiger partial charge on any atom is 0.238 e. The largest absolute Gasteiger partial charge is 0.505 e. The van der Waals surface area contributed by atoms with Crippen LogP contribution in [0.15, 0.2) is 75.8 Å². The lowest BCUT2D eigenvalue weighted by atomic mass is 9.59. The molecule has 0 bridgehead atoms. The van der Waals surface area contributed by atoms with Crippen molar-refractivity contribution in [3.8, 4) is 5.75 Å². The first kappa shape index (κ1) is 24.0. The van der Waals surface area contributed by atoms with E-state index >= 15 is 0 Å². The number of fused-ring (bicyclic) bond motifs is 3. The minimum Gasteiger partial charge on any atom is -0.505 e. The number of anilines is 1. The number of rotatable bonds is 2. The van der Waals surface area contributed by atoms with Gasteiger partial charge >= 0.3 is 0 Å². The van der Waals surface area contributed by atoms with Crippen LogP contribution in [0.5, 0.6) is 5.75 Å². The Morgan fingerprint density at radius 2 is 1.73 bits per heavy atom. The molecule has 2 aromatic carbocycles. The number of ketones is 2. The first-order valence-electron chi connectivity index (χ1n) is 11.7. The van der Waals surface area contributed by atoms with E-state index in [1.165, 1.54) is 23.1 Å². The second kappa shape index (κ2) is 8.60. The molecule has 9 heteroatoms. The van der Waals surface area contributed by atoms with Crippen LogP contribution in [-0.4, -0.2) is 28.5 Å². The fraction of sp³-hybridized carbons (Fsp3) is 0.214. The summed E-state index contributed by atoms with van der Waals surface area (Å²) in [6.45, 7) is 0. The van der Waals surface area contributed by atoms with Crippen molar-refractivity contribution < 1.29 is 28.7 Å². The molecule has 4 aliphatic rings. The van der Waals surface area contributed by atoms with E-state index in [4.69, 9.17) is 11.6 Å². The summed E-state index contributed by atoms with van der Waals surface area (Å²) in [7, 11) is 0. The Hall–Kier alpha value is -3.36. The molecule has 6 rings (SSSR count). The van der Waals surface area contributed by atoms with E-state index in [2.05, 4.69) is 15.9 Å². The second-order valence-electron chi connectivity index (χ2n) is 9.59. The van der Waals surface area contributed by atoms with Crippen molar-refractivity contribution in [3.63, 3.8) is 0 Å². The van der Waals surface area contributed by atoms with Gasteiger partial charge in [-0.2, -0.15) is 0 Å². The van der Waals surface area contributed by atoms with Crippen molar-refractivity contribution in [1.82, 2.24) is 0 Å². The summed E-state index contributed by atoms with van der Waals surface area (Å²) in [5.74, 6) is -5.53. The molecule has 4 atom stereocenters.